The molecular formula is C20H15BrO. The van der Waals surface area contributed by atoms with E-state index in [-0.39, 0.29) is 12.0 Å². The SMILES string of the molecule is Brc1ccc2c(c1)[C@@H](C#Cc1ccccc1)C1CC=C[C@H]1O2. The summed E-state index contributed by atoms with van der Waals surface area (Å²) in [6, 6.07) is 16.4. The molecule has 1 nitrogen and oxygen atoms in total. The highest BCUT2D eigenvalue weighted by Gasteiger charge is 2.38. The highest BCUT2D eigenvalue weighted by molar-refractivity contribution is 9.10. The molecular weight excluding hydrogens is 336 g/mol. The molecule has 0 saturated carbocycles. The van der Waals surface area contributed by atoms with Crippen molar-refractivity contribution in [2.45, 2.75) is 18.4 Å². The van der Waals surface area contributed by atoms with Crippen molar-refractivity contribution in [2.24, 2.45) is 5.92 Å². The van der Waals surface area contributed by atoms with Gasteiger partial charge < -0.3 is 4.74 Å². The van der Waals surface area contributed by atoms with E-state index < -0.39 is 0 Å². The van der Waals surface area contributed by atoms with Gasteiger partial charge >= 0.3 is 0 Å². The summed E-state index contributed by atoms with van der Waals surface area (Å²) >= 11 is 3.57. The second-order valence-corrected chi connectivity index (χ2v) is 6.62. The van der Waals surface area contributed by atoms with E-state index in [1.54, 1.807) is 0 Å². The minimum Gasteiger partial charge on any atom is -0.486 e. The van der Waals surface area contributed by atoms with Crippen LogP contribution in [0.5, 0.6) is 5.75 Å². The third-order valence-electron chi connectivity index (χ3n) is 4.30. The van der Waals surface area contributed by atoms with Crippen molar-refractivity contribution in [3.63, 3.8) is 0 Å². The van der Waals surface area contributed by atoms with Crippen LogP contribution < -0.4 is 4.74 Å². The molecule has 2 aromatic carbocycles. The molecule has 0 spiro atoms. The van der Waals surface area contributed by atoms with E-state index in [9.17, 15) is 0 Å². The zero-order valence-electron chi connectivity index (χ0n) is 12.0. The topological polar surface area (TPSA) is 9.23 Å². The number of rotatable bonds is 0. The maximum atomic E-state index is 6.12. The second kappa shape index (κ2) is 5.66. The van der Waals surface area contributed by atoms with Crippen LogP contribution in [0.1, 0.15) is 23.5 Å². The van der Waals surface area contributed by atoms with Gasteiger partial charge in [-0.25, -0.2) is 0 Å². The molecule has 0 aromatic heterocycles. The first-order valence-electron chi connectivity index (χ1n) is 7.50. The normalized spacial score (nSPS) is 24.7. The standard InChI is InChI=1S/C20H15BrO/c21-15-10-12-20-18(13-15)16(17-7-4-8-19(17)22-20)11-9-14-5-2-1-3-6-14/h1-6,8,10,12-13,16-17,19H,7H2/t16-,17?,19+/m0/s1. The zero-order valence-corrected chi connectivity index (χ0v) is 13.6. The lowest BCUT2D eigenvalue weighted by Crippen LogP contribution is -2.31. The number of halogens is 1. The molecule has 0 N–H and O–H groups in total. The summed E-state index contributed by atoms with van der Waals surface area (Å²) in [4.78, 5) is 0. The number of allylic oxidation sites excluding steroid dienone is 1. The molecule has 108 valence electrons. The Kier molecular flexibility index (Phi) is 3.52. The monoisotopic (exact) mass is 350 g/mol. The molecule has 0 amide bonds. The molecule has 2 aromatic rings. The average Bonchev–Trinajstić information content (AvgIpc) is 3.01. The van der Waals surface area contributed by atoms with Gasteiger partial charge in [-0.15, -0.1) is 0 Å². The highest BCUT2D eigenvalue weighted by atomic mass is 79.9. The lowest BCUT2D eigenvalue weighted by atomic mass is 9.81. The summed E-state index contributed by atoms with van der Waals surface area (Å²) in [5, 5.41) is 0. The van der Waals surface area contributed by atoms with E-state index in [4.69, 9.17) is 4.74 Å². The molecule has 1 aliphatic heterocycles. The molecule has 1 aliphatic carbocycles. The molecule has 1 unspecified atom stereocenters. The van der Waals surface area contributed by atoms with Crippen LogP contribution in [0.15, 0.2) is 65.2 Å². The predicted molar refractivity (Wildman–Crippen MR) is 91.9 cm³/mol. The summed E-state index contributed by atoms with van der Waals surface area (Å²) in [5.41, 5.74) is 2.26. The first kappa shape index (κ1) is 13.7. The molecule has 2 heteroatoms. The van der Waals surface area contributed by atoms with Crippen LogP contribution in [0.2, 0.25) is 0 Å². The summed E-state index contributed by atoms with van der Waals surface area (Å²) in [7, 11) is 0. The Balaban J connectivity index is 1.76. The second-order valence-electron chi connectivity index (χ2n) is 5.71. The fraction of sp³-hybridized carbons (Fsp3) is 0.200. The van der Waals surface area contributed by atoms with Crippen LogP contribution in [0.25, 0.3) is 0 Å². The van der Waals surface area contributed by atoms with Crippen LogP contribution >= 0.6 is 15.9 Å². The van der Waals surface area contributed by atoms with Gasteiger partial charge in [0, 0.05) is 21.5 Å². The van der Waals surface area contributed by atoms with E-state index in [2.05, 4.69) is 58.1 Å². The van der Waals surface area contributed by atoms with E-state index in [0.29, 0.717) is 5.92 Å². The minimum atomic E-state index is 0.156. The van der Waals surface area contributed by atoms with Crippen LogP contribution in [0.4, 0.5) is 0 Å². The molecule has 2 aliphatic rings. The lowest BCUT2D eigenvalue weighted by molar-refractivity contribution is 0.157. The van der Waals surface area contributed by atoms with Crippen molar-refractivity contribution < 1.29 is 4.74 Å². The maximum Gasteiger partial charge on any atom is 0.124 e. The smallest absolute Gasteiger partial charge is 0.124 e. The van der Waals surface area contributed by atoms with Gasteiger partial charge in [0.1, 0.15) is 11.9 Å². The zero-order chi connectivity index (χ0) is 14.9. The molecule has 22 heavy (non-hydrogen) atoms. The van der Waals surface area contributed by atoms with Crippen LogP contribution in [-0.2, 0) is 0 Å². The van der Waals surface area contributed by atoms with Gasteiger partial charge in [0.25, 0.3) is 0 Å². The Morgan fingerprint density at radius 3 is 2.82 bits per heavy atom. The van der Waals surface area contributed by atoms with Crippen LogP contribution in [0.3, 0.4) is 0 Å². The van der Waals surface area contributed by atoms with E-state index >= 15 is 0 Å². The van der Waals surface area contributed by atoms with Crippen LogP contribution in [-0.4, -0.2) is 6.10 Å². The Morgan fingerprint density at radius 2 is 1.95 bits per heavy atom. The quantitative estimate of drug-likeness (QED) is 0.484. The van der Waals surface area contributed by atoms with Gasteiger partial charge in [0.15, 0.2) is 0 Å². The summed E-state index contributed by atoms with van der Waals surface area (Å²) < 4.78 is 7.19. The Morgan fingerprint density at radius 1 is 1.09 bits per heavy atom. The summed E-state index contributed by atoms with van der Waals surface area (Å²) in [6.45, 7) is 0. The Hall–Kier alpha value is -1.98. The average molecular weight is 351 g/mol. The molecule has 0 fully saturated rings. The van der Waals surface area contributed by atoms with Gasteiger partial charge in [0.2, 0.25) is 0 Å². The van der Waals surface area contributed by atoms with Crippen molar-refractivity contribution in [1.29, 1.82) is 0 Å². The number of hydrogen-bond acceptors (Lipinski definition) is 1. The van der Waals surface area contributed by atoms with Crippen molar-refractivity contribution in [1.82, 2.24) is 0 Å². The van der Waals surface area contributed by atoms with Crippen molar-refractivity contribution in [2.75, 3.05) is 0 Å². The van der Waals surface area contributed by atoms with E-state index in [1.165, 1.54) is 5.56 Å². The number of ether oxygens (including phenoxy) is 1. The number of hydrogen-bond donors (Lipinski definition) is 0. The van der Waals surface area contributed by atoms with Gasteiger partial charge in [-0.1, -0.05) is 52.0 Å². The summed E-state index contributed by atoms with van der Waals surface area (Å²) in [5.74, 6) is 8.43. The molecule has 0 bridgehead atoms. The molecule has 3 atom stereocenters. The van der Waals surface area contributed by atoms with Gasteiger partial charge in [-0.2, -0.15) is 0 Å². The molecule has 4 rings (SSSR count). The van der Waals surface area contributed by atoms with Gasteiger partial charge in [0.05, 0.1) is 5.92 Å². The largest absolute Gasteiger partial charge is 0.486 e. The highest BCUT2D eigenvalue weighted by Crippen LogP contribution is 2.45. The van der Waals surface area contributed by atoms with E-state index in [1.807, 2.05) is 30.3 Å². The predicted octanol–water partition coefficient (Wildman–Crippen LogP) is 4.92. The van der Waals surface area contributed by atoms with Crippen molar-refractivity contribution in [3.05, 3.63) is 76.3 Å². The third kappa shape index (κ3) is 2.46. The summed E-state index contributed by atoms with van der Waals surface area (Å²) in [6.07, 6.45) is 5.58. The fourth-order valence-corrected chi connectivity index (χ4v) is 3.59. The molecule has 1 heterocycles. The third-order valence-corrected chi connectivity index (χ3v) is 4.79. The molecule has 0 saturated heterocycles. The van der Waals surface area contributed by atoms with Gasteiger partial charge in [-0.3, -0.25) is 0 Å². The van der Waals surface area contributed by atoms with Crippen LogP contribution in [0, 0.1) is 17.8 Å². The Labute approximate surface area is 139 Å². The van der Waals surface area contributed by atoms with Crippen molar-refractivity contribution in [3.8, 4) is 17.6 Å². The Bertz CT molecular complexity index is 782. The first-order valence-corrected chi connectivity index (χ1v) is 8.30. The number of benzene rings is 2. The fourth-order valence-electron chi connectivity index (χ4n) is 3.21. The maximum absolute atomic E-state index is 6.12. The van der Waals surface area contributed by atoms with Crippen molar-refractivity contribution >= 4 is 15.9 Å². The lowest BCUT2D eigenvalue weighted by Gasteiger charge is -2.33. The molecule has 0 radical (unpaired) electrons. The minimum absolute atomic E-state index is 0.156. The first-order chi connectivity index (χ1) is 10.8. The van der Waals surface area contributed by atoms with E-state index in [0.717, 1.165) is 22.2 Å². The number of fused-ring (bicyclic) bond motifs is 2. The van der Waals surface area contributed by atoms with Gasteiger partial charge in [-0.05, 0) is 42.8 Å².